The first-order valence-electron chi connectivity index (χ1n) is 8.86. The number of carbonyl (C=O) groups excluding carboxylic acids is 1. The summed E-state index contributed by atoms with van der Waals surface area (Å²) in [5, 5.41) is 6.11. The highest BCUT2D eigenvalue weighted by Gasteiger charge is 2.11. The van der Waals surface area contributed by atoms with Crippen molar-refractivity contribution in [2.75, 3.05) is 50.0 Å². The fourth-order valence-corrected chi connectivity index (χ4v) is 2.84. The molecule has 1 aliphatic rings. The normalized spacial score (nSPS) is 14.8. The summed E-state index contributed by atoms with van der Waals surface area (Å²) in [6.45, 7) is 9.22. The second-order valence-corrected chi connectivity index (χ2v) is 6.44. The van der Waals surface area contributed by atoms with Crippen molar-refractivity contribution in [2.45, 2.75) is 13.8 Å². The van der Waals surface area contributed by atoms with Crippen LogP contribution in [0.15, 0.2) is 30.6 Å². The molecule has 2 heterocycles. The Morgan fingerprint density at radius 1 is 1.19 bits per heavy atom. The van der Waals surface area contributed by atoms with Crippen LogP contribution in [-0.2, 0) is 4.74 Å². The summed E-state index contributed by atoms with van der Waals surface area (Å²) >= 11 is 0. The topological polar surface area (TPSA) is 79.4 Å². The zero-order valence-electron chi connectivity index (χ0n) is 15.3. The third-order valence-electron chi connectivity index (χ3n) is 4.35. The summed E-state index contributed by atoms with van der Waals surface area (Å²) in [5.41, 5.74) is 3.26. The van der Waals surface area contributed by atoms with Crippen molar-refractivity contribution < 1.29 is 9.53 Å². The monoisotopic (exact) mass is 355 g/mol. The molecule has 3 rings (SSSR count). The van der Waals surface area contributed by atoms with Gasteiger partial charge in [-0.2, -0.15) is 0 Å². The van der Waals surface area contributed by atoms with Gasteiger partial charge in [-0.15, -0.1) is 0 Å². The predicted molar refractivity (Wildman–Crippen MR) is 102 cm³/mol. The van der Waals surface area contributed by atoms with E-state index >= 15 is 0 Å². The van der Waals surface area contributed by atoms with Crippen molar-refractivity contribution in [3.63, 3.8) is 0 Å². The van der Waals surface area contributed by atoms with Crippen LogP contribution in [0.5, 0.6) is 0 Å². The van der Waals surface area contributed by atoms with Crippen LogP contribution in [0, 0.1) is 13.8 Å². The van der Waals surface area contributed by atoms with Gasteiger partial charge in [0.25, 0.3) is 5.91 Å². The van der Waals surface area contributed by atoms with E-state index in [1.54, 1.807) is 6.20 Å². The molecule has 7 heteroatoms. The van der Waals surface area contributed by atoms with Gasteiger partial charge in [0.1, 0.15) is 11.5 Å². The minimum Gasteiger partial charge on any atom is -0.379 e. The standard InChI is InChI=1S/C19H25N5O2/c1-14-3-4-16(15(2)11-14)23-19(25)17-12-22-18(13-21-17)20-5-6-24-7-9-26-10-8-24/h3-4,11-13H,5-10H2,1-2H3,(H,20,22)(H,23,25). The number of hydrogen-bond donors (Lipinski definition) is 2. The molecule has 1 saturated heterocycles. The molecular formula is C19H25N5O2. The Balaban J connectivity index is 1.50. The molecular weight excluding hydrogens is 330 g/mol. The number of anilines is 2. The summed E-state index contributed by atoms with van der Waals surface area (Å²) in [5.74, 6) is 0.408. The molecule has 0 saturated carbocycles. The fraction of sp³-hybridized carbons (Fsp3) is 0.421. The van der Waals surface area contributed by atoms with Crippen LogP contribution in [0.2, 0.25) is 0 Å². The molecule has 7 nitrogen and oxygen atoms in total. The molecule has 0 atom stereocenters. The Morgan fingerprint density at radius 2 is 2.00 bits per heavy atom. The van der Waals surface area contributed by atoms with Gasteiger partial charge in [0.15, 0.2) is 0 Å². The van der Waals surface area contributed by atoms with Gasteiger partial charge in [-0.05, 0) is 25.5 Å². The number of aromatic nitrogens is 2. The lowest BCUT2D eigenvalue weighted by atomic mass is 10.1. The molecule has 0 spiro atoms. The minimum atomic E-state index is -0.260. The zero-order chi connectivity index (χ0) is 18.4. The van der Waals surface area contributed by atoms with Gasteiger partial charge in [-0.3, -0.25) is 9.69 Å². The van der Waals surface area contributed by atoms with E-state index in [4.69, 9.17) is 4.74 Å². The average molecular weight is 355 g/mol. The molecule has 138 valence electrons. The maximum atomic E-state index is 12.3. The molecule has 0 unspecified atom stereocenters. The Hall–Kier alpha value is -2.51. The van der Waals surface area contributed by atoms with E-state index in [9.17, 15) is 4.79 Å². The van der Waals surface area contributed by atoms with Crippen LogP contribution in [-0.4, -0.2) is 60.2 Å². The molecule has 26 heavy (non-hydrogen) atoms. The predicted octanol–water partition coefficient (Wildman–Crippen LogP) is 2.09. The van der Waals surface area contributed by atoms with Crippen LogP contribution >= 0.6 is 0 Å². The van der Waals surface area contributed by atoms with Crippen LogP contribution in [0.4, 0.5) is 11.5 Å². The van der Waals surface area contributed by atoms with Crippen molar-refractivity contribution in [3.8, 4) is 0 Å². The summed E-state index contributed by atoms with van der Waals surface area (Å²) < 4.78 is 5.33. The number of carbonyl (C=O) groups is 1. The molecule has 0 bridgehead atoms. The molecule has 1 amide bonds. The van der Waals surface area contributed by atoms with Gasteiger partial charge in [-0.1, -0.05) is 17.7 Å². The summed E-state index contributed by atoms with van der Waals surface area (Å²) in [6, 6.07) is 5.90. The Labute approximate surface area is 153 Å². The Bertz CT molecular complexity index is 742. The molecule has 1 fully saturated rings. The maximum absolute atomic E-state index is 12.3. The van der Waals surface area contributed by atoms with E-state index < -0.39 is 0 Å². The van der Waals surface area contributed by atoms with Crippen molar-refractivity contribution in [2.24, 2.45) is 0 Å². The minimum absolute atomic E-state index is 0.260. The van der Waals surface area contributed by atoms with E-state index in [0.717, 1.165) is 56.2 Å². The van der Waals surface area contributed by atoms with Crippen molar-refractivity contribution >= 4 is 17.4 Å². The lowest BCUT2D eigenvalue weighted by Gasteiger charge is -2.26. The molecule has 2 N–H and O–H groups in total. The van der Waals surface area contributed by atoms with Gasteiger partial charge in [0, 0.05) is 31.9 Å². The quantitative estimate of drug-likeness (QED) is 0.826. The highest BCUT2D eigenvalue weighted by Crippen LogP contribution is 2.16. The van der Waals surface area contributed by atoms with Crippen LogP contribution < -0.4 is 10.6 Å². The van der Waals surface area contributed by atoms with E-state index in [1.165, 1.54) is 6.20 Å². The molecule has 1 aliphatic heterocycles. The zero-order valence-corrected chi connectivity index (χ0v) is 15.3. The maximum Gasteiger partial charge on any atom is 0.275 e. The number of amides is 1. The highest BCUT2D eigenvalue weighted by molar-refractivity contribution is 6.03. The van der Waals surface area contributed by atoms with Crippen LogP contribution in [0.25, 0.3) is 0 Å². The number of benzene rings is 1. The lowest BCUT2D eigenvalue weighted by Crippen LogP contribution is -2.39. The molecule has 1 aromatic heterocycles. The SMILES string of the molecule is Cc1ccc(NC(=O)c2cnc(NCCN3CCOCC3)cn2)c(C)c1. The largest absolute Gasteiger partial charge is 0.379 e. The van der Waals surface area contributed by atoms with Gasteiger partial charge >= 0.3 is 0 Å². The summed E-state index contributed by atoms with van der Waals surface area (Å²) in [6.07, 6.45) is 3.09. The van der Waals surface area contributed by atoms with Crippen molar-refractivity contribution in [3.05, 3.63) is 47.4 Å². The number of nitrogens with zero attached hydrogens (tertiary/aromatic N) is 3. The average Bonchev–Trinajstić information content (AvgIpc) is 2.65. The fourth-order valence-electron chi connectivity index (χ4n) is 2.84. The second kappa shape index (κ2) is 8.73. The van der Waals surface area contributed by atoms with Crippen molar-refractivity contribution in [1.29, 1.82) is 0 Å². The third kappa shape index (κ3) is 5.00. The van der Waals surface area contributed by atoms with E-state index in [2.05, 4.69) is 25.5 Å². The Morgan fingerprint density at radius 3 is 2.69 bits per heavy atom. The smallest absolute Gasteiger partial charge is 0.275 e. The molecule has 0 radical (unpaired) electrons. The molecule has 0 aliphatic carbocycles. The van der Waals surface area contributed by atoms with E-state index in [0.29, 0.717) is 11.5 Å². The second-order valence-electron chi connectivity index (χ2n) is 6.44. The third-order valence-corrected chi connectivity index (χ3v) is 4.35. The van der Waals surface area contributed by atoms with Gasteiger partial charge in [0.2, 0.25) is 0 Å². The number of ether oxygens (including phenoxy) is 1. The first-order valence-corrected chi connectivity index (χ1v) is 8.86. The molecule has 2 aromatic rings. The van der Waals surface area contributed by atoms with Crippen LogP contribution in [0.1, 0.15) is 21.6 Å². The highest BCUT2D eigenvalue weighted by atomic mass is 16.5. The van der Waals surface area contributed by atoms with Crippen molar-refractivity contribution in [1.82, 2.24) is 14.9 Å². The number of aryl methyl sites for hydroxylation is 2. The summed E-state index contributed by atoms with van der Waals surface area (Å²) in [7, 11) is 0. The van der Waals surface area contributed by atoms with Gasteiger partial charge < -0.3 is 15.4 Å². The number of rotatable bonds is 6. The number of morpholine rings is 1. The van der Waals surface area contributed by atoms with Gasteiger partial charge in [0.05, 0.1) is 25.6 Å². The number of hydrogen-bond acceptors (Lipinski definition) is 6. The van der Waals surface area contributed by atoms with E-state index in [1.807, 2.05) is 32.0 Å². The first-order chi connectivity index (χ1) is 12.6. The number of nitrogens with one attached hydrogen (secondary N) is 2. The Kier molecular flexibility index (Phi) is 6.14. The lowest BCUT2D eigenvalue weighted by molar-refractivity contribution is 0.0398. The van der Waals surface area contributed by atoms with Crippen LogP contribution in [0.3, 0.4) is 0 Å². The first kappa shape index (κ1) is 18.3. The summed E-state index contributed by atoms with van der Waals surface area (Å²) in [4.78, 5) is 23.2. The molecule has 1 aromatic carbocycles. The van der Waals surface area contributed by atoms with Gasteiger partial charge in [-0.25, -0.2) is 9.97 Å². The van der Waals surface area contributed by atoms with E-state index in [-0.39, 0.29) is 5.91 Å².